The number of nitrogens with zero attached hydrogens (tertiary/aromatic N) is 3. The van der Waals surface area contributed by atoms with E-state index in [1.807, 2.05) is 6.07 Å². The van der Waals surface area contributed by atoms with Crippen molar-refractivity contribution >= 4 is 11.7 Å². The van der Waals surface area contributed by atoms with Gasteiger partial charge in [0.05, 0.1) is 18.8 Å². The zero-order valence-corrected chi connectivity index (χ0v) is 21.3. The maximum absolute atomic E-state index is 12.9. The first-order valence-electron chi connectivity index (χ1n) is 13.8. The highest BCUT2D eigenvalue weighted by Crippen LogP contribution is 2.59. The van der Waals surface area contributed by atoms with Crippen molar-refractivity contribution in [3.05, 3.63) is 47.7 Å². The Hall–Kier alpha value is -2.48. The van der Waals surface area contributed by atoms with Gasteiger partial charge in [0.2, 0.25) is 0 Å². The minimum atomic E-state index is -0.104. The minimum absolute atomic E-state index is 0.104. The number of nitrogens with one attached hydrogen (secondary N) is 1. The van der Waals surface area contributed by atoms with Gasteiger partial charge in [-0.15, -0.1) is 0 Å². The largest absolute Gasteiger partial charge is 0.383 e. The summed E-state index contributed by atoms with van der Waals surface area (Å²) in [7, 11) is 0. The van der Waals surface area contributed by atoms with Crippen molar-refractivity contribution < 1.29 is 9.53 Å². The predicted molar refractivity (Wildman–Crippen MR) is 142 cm³/mol. The number of anilines is 1. The number of carbonyl (C=O) groups excluding carboxylic acids is 1. The molecule has 6 rings (SSSR count). The van der Waals surface area contributed by atoms with Crippen LogP contribution in [-0.2, 0) is 10.2 Å². The number of nitrogen functional groups attached to an aromatic ring is 1. The molecular formula is C29H39N5O2. The fourth-order valence-electron chi connectivity index (χ4n) is 6.63. The molecule has 2 saturated heterocycles. The molecule has 2 aromatic rings. The Morgan fingerprint density at radius 3 is 2.58 bits per heavy atom. The Morgan fingerprint density at radius 2 is 1.81 bits per heavy atom. The average molecular weight is 490 g/mol. The van der Waals surface area contributed by atoms with E-state index in [1.165, 1.54) is 37.8 Å². The van der Waals surface area contributed by atoms with E-state index in [-0.39, 0.29) is 11.9 Å². The van der Waals surface area contributed by atoms with Gasteiger partial charge in [0, 0.05) is 62.5 Å². The van der Waals surface area contributed by atoms with Gasteiger partial charge in [0.1, 0.15) is 5.82 Å². The van der Waals surface area contributed by atoms with Crippen molar-refractivity contribution in [1.82, 2.24) is 20.1 Å². The standard InChI is InChI=1S/C29H39N5O2/c30-27-26(28(35)32-25-4-2-1-3-5-25)16-22(18-31-27)21-6-8-23(9-7-21)29-17-24(29)19-34(20-29)11-10-33-12-14-36-15-13-33/h6-9,16,18,24-25H,1-5,10-15,17,19-20H2,(H2,30,31)(H,32,35)/t24-,29+/m0/s1. The molecule has 0 bridgehead atoms. The van der Waals surface area contributed by atoms with Crippen LogP contribution in [-0.4, -0.2) is 79.2 Å². The summed E-state index contributed by atoms with van der Waals surface area (Å²) in [6.07, 6.45) is 8.80. The second kappa shape index (κ2) is 10.1. The van der Waals surface area contributed by atoms with Crippen molar-refractivity contribution in [1.29, 1.82) is 0 Å². The Bertz CT molecular complexity index is 1080. The van der Waals surface area contributed by atoms with Crippen LogP contribution in [0.1, 0.15) is 54.4 Å². The maximum Gasteiger partial charge on any atom is 0.255 e. The molecule has 7 heteroatoms. The number of benzene rings is 1. The third-order valence-electron chi connectivity index (χ3n) is 8.95. The molecule has 1 amide bonds. The first-order chi connectivity index (χ1) is 17.6. The number of amides is 1. The molecule has 192 valence electrons. The molecule has 1 aromatic heterocycles. The summed E-state index contributed by atoms with van der Waals surface area (Å²) in [5.41, 5.74) is 10.4. The highest BCUT2D eigenvalue weighted by atomic mass is 16.5. The molecule has 3 heterocycles. The minimum Gasteiger partial charge on any atom is -0.383 e. The predicted octanol–water partition coefficient (Wildman–Crippen LogP) is 3.30. The summed E-state index contributed by atoms with van der Waals surface area (Å²) in [5, 5.41) is 3.17. The topological polar surface area (TPSA) is 83.7 Å². The van der Waals surface area contributed by atoms with Crippen molar-refractivity contribution in [2.45, 2.75) is 50.0 Å². The first kappa shape index (κ1) is 23.9. The van der Waals surface area contributed by atoms with E-state index in [0.717, 1.165) is 75.8 Å². The number of pyridine rings is 1. The molecule has 7 nitrogen and oxygen atoms in total. The van der Waals surface area contributed by atoms with Crippen molar-refractivity contribution in [2.24, 2.45) is 5.92 Å². The first-order valence-corrected chi connectivity index (χ1v) is 13.8. The van der Waals surface area contributed by atoms with E-state index in [0.29, 0.717) is 16.8 Å². The average Bonchev–Trinajstić information content (AvgIpc) is 3.49. The molecule has 4 aliphatic rings. The molecule has 3 N–H and O–H groups in total. The number of rotatable bonds is 7. The molecule has 1 aromatic carbocycles. The Morgan fingerprint density at radius 1 is 1.06 bits per heavy atom. The number of hydrogen-bond acceptors (Lipinski definition) is 6. The van der Waals surface area contributed by atoms with Gasteiger partial charge < -0.3 is 20.7 Å². The molecule has 2 aliphatic carbocycles. The number of ether oxygens (including phenoxy) is 1. The molecule has 0 spiro atoms. The highest BCUT2D eigenvalue weighted by molar-refractivity contribution is 5.99. The summed E-state index contributed by atoms with van der Waals surface area (Å²) in [5.74, 6) is 0.973. The zero-order valence-electron chi connectivity index (χ0n) is 21.3. The van der Waals surface area contributed by atoms with Gasteiger partial charge in [-0.05, 0) is 42.4 Å². The molecule has 2 atom stereocenters. The van der Waals surface area contributed by atoms with Crippen LogP contribution in [0.4, 0.5) is 5.82 Å². The van der Waals surface area contributed by atoms with Crippen LogP contribution in [0.25, 0.3) is 11.1 Å². The third-order valence-corrected chi connectivity index (χ3v) is 8.95. The molecular weight excluding hydrogens is 450 g/mol. The molecule has 2 aliphatic heterocycles. The smallest absolute Gasteiger partial charge is 0.255 e. The number of fused-ring (bicyclic) bond motifs is 1. The number of carbonyl (C=O) groups is 1. The lowest BCUT2D eigenvalue weighted by Crippen LogP contribution is -2.41. The van der Waals surface area contributed by atoms with Gasteiger partial charge in [0.15, 0.2) is 0 Å². The number of piperidine rings is 1. The number of aromatic nitrogens is 1. The van der Waals surface area contributed by atoms with E-state index in [1.54, 1.807) is 6.20 Å². The molecule has 36 heavy (non-hydrogen) atoms. The van der Waals surface area contributed by atoms with E-state index < -0.39 is 0 Å². The second-order valence-electron chi connectivity index (χ2n) is 11.3. The van der Waals surface area contributed by atoms with E-state index in [4.69, 9.17) is 10.5 Å². The summed E-state index contributed by atoms with van der Waals surface area (Å²) in [6, 6.07) is 11.1. The van der Waals surface area contributed by atoms with E-state index in [2.05, 4.69) is 44.4 Å². The lowest BCUT2D eigenvalue weighted by atomic mass is 9.93. The van der Waals surface area contributed by atoms with Crippen molar-refractivity contribution in [3.63, 3.8) is 0 Å². The van der Waals surface area contributed by atoms with Gasteiger partial charge in [-0.25, -0.2) is 4.98 Å². The highest BCUT2D eigenvalue weighted by Gasteiger charge is 2.60. The normalized spacial score (nSPS) is 27.1. The maximum atomic E-state index is 12.9. The van der Waals surface area contributed by atoms with Crippen molar-refractivity contribution in [2.75, 3.05) is 58.2 Å². The Kier molecular flexibility index (Phi) is 6.71. The van der Waals surface area contributed by atoms with Crippen LogP contribution in [0.15, 0.2) is 36.5 Å². The van der Waals surface area contributed by atoms with Gasteiger partial charge in [-0.2, -0.15) is 0 Å². The fraction of sp³-hybridized carbons (Fsp3) is 0.586. The molecule has 0 radical (unpaired) electrons. The van der Waals surface area contributed by atoms with Crippen LogP contribution in [0.2, 0.25) is 0 Å². The summed E-state index contributed by atoms with van der Waals surface area (Å²) in [4.78, 5) is 22.5. The van der Waals surface area contributed by atoms with Crippen LogP contribution in [0.5, 0.6) is 0 Å². The lowest BCUT2D eigenvalue weighted by Gasteiger charge is -2.29. The summed E-state index contributed by atoms with van der Waals surface area (Å²) < 4.78 is 5.48. The van der Waals surface area contributed by atoms with Crippen LogP contribution >= 0.6 is 0 Å². The Labute approximate surface area is 214 Å². The van der Waals surface area contributed by atoms with Crippen LogP contribution in [0.3, 0.4) is 0 Å². The lowest BCUT2D eigenvalue weighted by molar-refractivity contribution is 0.0338. The van der Waals surface area contributed by atoms with Crippen LogP contribution in [0, 0.1) is 5.92 Å². The summed E-state index contributed by atoms with van der Waals surface area (Å²) >= 11 is 0. The number of morpholine rings is 1. The fourth-order valence-corrected chi connectivity index (χ4v) is 6.63. The van der Waals surface area contributed by atoms with Gasteiger partial charge in [-0.3, -0.25) is 9.69 Å². The quantitative estimate of drug-likeness (QED) is 0.621. The SMILES string of the molecule is Nc1ncc(-c2ccc([C@]34C[C@H]3CN(CCN3CCOCC3)C4)cc2)cc1C(=O)NC1CCCCC1. The molecule has 2 saturated carbocycles. The van der Waals surface area contributed by atoms with Gasteiger partial charge in [0.25, 0.3) is 5.91 Å². The molecule has 0 unspecified atom stereocenters. The number of nitrogens with two attached hydrogens (primary N) is 1. The monoisotopic (exact) mass is 489 g/mol. The second-order valence-corrected chi connectivity index (χ2v) is 11.3. The number of hydrogen-bond donors (Lipinski definition) is 2. The summed E-state index contributed by atoms with van der Waals surface area (Å²) in [6.45, 7) is 8.54. The zero-order chi connectivity index (χ0) is 24.5. The van der Waals surface area contributed by atoms with Gasteiger partial charge >= 0.3 is 0 Å². The Balaban J connectivity index is 1.10. The van der Waals surface area contributed by atoms with Gasteiger partial charge in [-0.1, -0.05) is 43.5 Å². The third kappa shape index (κ3) is 4.89. The number of likely N-dealkylation sites (tertiary alicyclic amines) is 1. The van der Waals surface area contributed by atoms with Crippen LogP contribution < -0.4 is 11.1 Å². The van der Waals surface area contributed by atoms with Crippen molar-refractivity contribution in [3.8, 4) is 11.1 Å². The molecule has 4 fully saturated rings. The van der Waals surface area contributed by atoms with E-state index in [9.17, 15) is 4.79 Å². The van der Waals surface area contributed by atoms with E-state index >= 15 is 0 Å².